The number of hydrogen-bond acceptors (Lipinski definition) is 7. The van der Waals surface area contributed by atoms with Crippen molar-refractivity contribution in [1.29, 1.82) is 0 Å². The Hall–Kier alpha value is -2.26. The van der Waals surface area contributed by atoms with E-state index in [9.17, 15) is 4.79 Å². The smallest absolute Gasteiger partial charge is 0.258 e. The minimum Gasteiger partial charge on any atom is -0.382 e. The molecule has 2 aliphatic rings. The van der Waals surface area contributed by atoms with Gasteiger partial charge in [0.25, 0.3) is 5.91 Å². The molecule has 4 atom stereocenters. The summed E-state index contributed by atoms with van der Waals surface area (Å²) in [5.41, 5.74) is 5.42. The van der Waals surface area contributed by atoms with Crippen LogP contribution in [0.5, 0.6) is 0 Å². The number of nitrogen functional groups attached to an aromatic ring is 1. The van der Waals surface area contributed by atoms with Crippen molar-refractivity contribution in [3.63, 3.8) is 0 Å². The third-order valence-corrected chi connectivity index (χ3v) is 5.46. The maximum absolute atomic E-state index is 13.3. The van der Waals surface area contributed by atoms with Crippen LogP contribution in [0.2, 0.25) is 0 Å². The number of likely N-dealkylation sites (tertiary alicyclic amines) is 1. The molecule has 0 saturated carbocycles. The number of likely N-dealkylation sites (N-methyl/N-ethyl adjacent to an activating group) is 1. The second-order valence-electron chi connectivity index (χ2n) is 10.3. The summed E-state index contributed by atoms with van der Waals surface area (Å²) in [5.74, 6) is 0.273. The van der Waals surface area contributed by atoms with Gasteiger partial charge < -0.3 is 20.1 Å². The number of fused-ring (bicyclic) bond motifs is 3. The molecule has 4 rings (SSSR count). The molecule has 2 aliphatic heterocycles. The second-order valence-corrected chi connectivity index (χ2v) is 10.3. The molecule has 4 heterocycles. The Morgan fingerprint density at radius 1 is 1.21 bits per heavy atom. The molecule has 0 aliphatic carbocycles. The van der Waals surface area contributed by atoms with Gasteiger partial charge in [-0.15, -0.1) is 0 Å². The van der Waals surface area contributed by atoms with Gasteiger partial charge in [-0.05, 0) is 32.6 Å². The maximum Gasteiger partial charge on any atom is 0.258 e. The van der Waals surface area contributed by atoms with Crippen LogP contribution in [0.1, 0.15) is 54.2 Å². The van der Waals surface area contributed by atoms with Gasteiger partial charge >= 0.3 is 0 Å². The van der Waals surface area contributed by atoms with E-state index in [1.54, 1.807) is 11.2 Å². The van der Waals surface area contributed by atoms with Gasteiger partial charge in [-0.3, -0.25) is 9.36 Å². The van der Waals surface area contributed by atoms with Crippen LogP contribution >= 0.6 is 0 Å². The van der Waals surface area contributed by atoms with E-state index in [4.69, 9.17) is 15.2 Å². The molecule has 1 amide bonds. The van der Waals surface area contributed by atoms with Crippen LogP contribution in [0.4, 0.5) is 5.82 Å². The van der Waals surface area contributed by atoms with Crippen molar-refractivity contribution in [2.45, 2.75) is 77.5 Å². The van der Waals surface area contributed by atoms with Crippen LogP contribution in [0.15, 0.2) is 12.7 Å². The third-order valence-electron chi connectivity index (χ3n) is 5.46. The van der Waals surface area contributed by atoms with Crippen LogP contribution in [0.3, 0.4) is 0 Å². The minimum atomic E-state index is -1.06. The molecule has 2 fully saturated rings. The van der Waals surface area contributed by atoms with Gasteiger partial charge in [0, 0.05) is 7.05 Å². The Labute approximate surface area is 170 Å². The Bertz CT molecular complexity index is 959. The number of morpholine rings is 1. The number of carbonyl (C=O) groups excluding carboxylic acids is 1. The Kier molecular flexibility index (Phi) is 4.23. The number of anilines is 1. The van der Waals surface area contributed by atoms with Gasteiger partial charge in [-0.25, -0.2) is 15.0 Å². The largest absolute Gasteiger partial charge is 0.382 e. The van der Waals surface area contributed by atoms with Gasteiger partial charge in [0.2, 0.25) is 0 Å². The van der Waals surface area contributed by atoms with Crippen LogP contribution in [0.25, 0.3) is 11.2 Å². The molecule has 2 bridgehead atoms. The molecule has 9 heteroatoms. The molecule has 2 aromatic rings. The summed E-state index contributed by atoms with van der Waals surface area (Å²) in [7, 11) is 1.81. The first-order valence-corrected chi connectivity index (χ1v) is 9.90. The normalized spacial score (nSPS) is 30.0. The minimum absolute atomic E-state index is 0.0403. The fourth-order valence-electron chi connectivity index (χ4n) is 4.61. The average Bonchev–Trinajstić information content (AvgIpc) is 3.16. The summed E-state index contributed by atoms with van der Waals surface area (Å²) < 4.78 is 14.9. The molecule has 158 valence electrons. The van der Waals surface area contributed by atoms with Crippen molar-refractivity contribution in [2.24, 2.45) is 5.41 Å². The number of nitrogens with zero attached hydrogens (tertiary/aromatic N) is 5. The number of rotatable bonds is 3. The van der Waals surface area contributed by atoms with Crippen molar-refractivity contribution in [2.75, 3.05) is 12.8 Å². The lowest BCUT2D eigenvalue weighted by molar-refractivity contribution is -0.186. The fourth-order valence-corrected chi connectivity index (χ4v) is 4.61. The molecular weight excluding hydrogens is 372 g/mol. The zero-order valence-electron chi connectivity index (χ0n) is 18.1. The highest BCUT2D eigenvalue weighted by Gasteiger charge is 2.70. The molecule has 29 heavy (non-hydrogen) atoms. The molecule has 9 nitrogen and oxygen atoms in total. The SMILES string of the molecule is CN1C(=O)[C@]2(CC(C)(C)C)O[C@@H](n3cnc4c(N)ncnc43)C1[C@H]2OC(C)(C)C. The first kappa shape index (κ1) is 20.0. The summed E-state index contributed by atoms with van der Waals surface area (Å²) in [6.45, 7) is 12.3. The number of hydrogen-bond donors (Lipinski definition) is 1. The fraction of sp³-hybridized carbons (Fsp3) is 0.700. The highest BCUT2D eigenvalue weighted by Crippen LogP contribution is 2.53. The molecule has 2 N–H and O–H groups in total. The second kappa shape index (κ2) is 6.12. The molecule has 0 radical (unpaired) electrons. The first-order chi connectivity index (χ1) is 13.3. The standard InChI is InChI=1S/C20H30N6O3/c1-18(2,3)8-20-13(28-19(4,5)6)12(25(7)17(20)27)16(29-20)26-10-24-11-14(21)22-9-23-15(11)26/h9-10,12-13,16H,8H2,1-7H3,(H2,21,22,23)/t12?,13-,16-,20-/m1/s1. The van der Waals surface area contributed by atoms with Crippen LogP contribution in [0, 0.1) is 5.41 Å². The monoisotopic (exact) mass is 402 g/mol. The number of imidazole rings is 1. The van der Waals surface area contributed by atoms with Gasteiger partial charge in [-0.1, -0.05) is 20.8 Å². The van der Waals surface area contributed by atoms with Crippen LogP contribution < -0.4 is 5.73 Å². The van der Waals surface area contributed by atoms with E-state index in [1.807, 2.05) is 32.4 Å². The zero-order valence-corrected chi connectivity index (χ0v) is 18.1. The van der Waals surface area contributed by atoms with E-state index in [0.717, 1.165) is 0 Å². The first-order valence-electron chi connectivity index (χ1n) is 9.90. The lowest BCUT2D eigenvalue weighted by atomic mass is 9.79. The van der Waals surface area contributed by atoms with Crippen molar-refractivity contribution in [1.82, 2.24) is 24.4 Å². The van der Waals surface area contributed by atoms with Gasteiger partial charge in [0.1, 0.15) is 24.0 Å². The van der Waals surface area contributed by atoms with Crippen LogP contribution in [-0.2, 0) is 14.3 Å². The summed E-state index contributed by atoms with van der Waals surface area (Å²) in [6, 6.07) is -0.308. The molecule has 2 saturated heterocycles. The van der Waals surface area contributed by atoms with Crippen molar-refractivity contribution < 1.29 is 14.3 Å². The van der Waals surface area contributed by atoms with Gasteiger partial charge in [-0.2, -0.15) is 0 Å². The summed E-state index contributed by atoms with van der Waals surface area (Å²) >= 11 is 0. The molecule has 0 spiro atoms. The lowest BCUT2D eigenvalue weighted by Crippen LogP contribution is -2.52. The van der Waals surface area contributed by atoms with Crippen LogP contribution in [-0.4, -0.2) is 60.7 Å². The lowest BCUT2D eigenvalue weighted by Gasteiger charge is -2.38. The molecule has 0 aromatic carbocycles. The highest BCUT2D eigenvalue weighted by atomic mass is 16.6. The highest BCUT2D eigenvalue weighted by molar-refractivity contribution is 5.90. The number of ether oxygens (including phenoxy) is 2. The average molecular weight is 402 g/mol. The number of nitrogens with two attached hydrogens (primary N) is 1. The van der Waals surface area contributed by atoms with E-state index in [0.29, 0.717) is 23.4 Å². The van der Waals surface area contributed by atoms with E-state index < -0.39 is 23.5 Å². The summed E-state index contributed by atoms with van der Waals surface area (Å²) in [6.07, 6.45) is 2.71. The van der Waals surface area contributed by atoms with Crippen molar-refractivity contribution >= 4 is 22.9 Å². The zero-order chi connectivity index (χ0) is 21.4. The van der Waals surface area contributed by atoms with Gasteiger partial charge in [0.15, 0.2) is 23.3 Å². The van der Waals surface area contributed by atoms with Crippen molar-refractivity contribution in [3.8, 4) is 0 Å². The van der Waals surface area contributed by atoms with E-state index in [1.165, 1.54) is 6.33 Å². The molecular formula is C20H30N6O3. The summed E-state index contributed by atoms with van der Waals surface area (Å²) in [4.78, 5) is 27.8. The van der Waals surface area contributed by atoms with Gasteiger partial charge in [0.05, 0.1) is 11.9 Å². The summed E-state index contributed by atoms with van der Waals surface area (Å²) in [5, 5.41) is 0. The van der Waals surface area contributed by atoms with E-state index >= 15 is 0 Å². The van der Waals surface area contributed by atoms with E-state index in [-0.39, 0.29) is 17.4 Å². The quantitative estimate of drug-likeness (QED) is 0.838. The molecule has 1 unspecified atom stereocenters. The Morgan fingerprint density at radius 2 is 1.90 bits per heavy atom. The number of carbonyl (C=O) groups is 1. The van der Waals surface area contributed by atoms with E-state index in [2.05, 4.69) is 35.7 Å². The topological polar surface area (TPSA) is 108 Å². The Balaban J connectivity index is 1.84. The van der Waals surface area contributed by atoms with Crippen molar-refractivity contribution in [3.05, 3.63) is 12.7 Å². The number of amides is 1. The Morgan fingerprint density at radius 3 is 2.52 bits per heavy atom. The maximum atomic E-state index is 13.3. The number of aromatic nitrogens is 4. The molecule has 2 aromatic heterocycles. The predicted octanol–water partition coefficient (Wildman–Crippen LogP) is 2.14. The third kappa shape index (κ3) is 3.07. The predicted molar refractivity (Wildman–Crippen MR) is 108 cm³/mol.